The molecule has 2 fully saturated rings. The zero-order valence-corrected chi connectivity index (χ0v) is 13.8. The van der Waals surface area contributed by atoms with Crippen LogP contribution >= 0.6 is 0 Å². The fourth-order valence-electron chi connectivity index (χ4n) is 4.31. The van der Waals surface area contributed by atoms with Gasteiger partial charge < -0.3 is 9.30 Å². The van der Waals surface area contributed by atoms with E-state index in [1.54, 1.807) is 0 Å². The topological polar surface area (TPSA) is 32.0 Å². The van der Waals surface area contributed by atoms with E-state index >= 15 is 0 Å². The summed E-state index contributed by atoms with van der Waals surface area (Å²) in [5.41, 5.74) is 4.31. The van der Waals surface area contributed by atoms with E-state index < -0.39 is 0 Å². The molecule has 2 aromatic rings. The standard InChI is InChI=1S/C18H25N3O/c1-13-4-5-14(2)20(13)17-10-15(3)21(19-17)16-11-18(12-16)6-8-22-9-7-18/h4-5,10,16H,6-9,11-12H2,1-3H3. The number of nitrogens with zero attached hydrogens (tertiary/aromatic N) is 3. The van der Waals surface area contributed by atoms with Crippen LogP contribution < -0.4 is 0 Å². The van der Waals surface area contributed by atoms with Gasteiger partial charge in [-0.3, -0.25) is 4.68 Å². The molecule has 2 aromatic heterocycles. The van der Waals surface area contributed by atoms with Crippen molar-refractivity contribution in [2.75, 3.05) is 13.2 Å². The largest absolute Gasteiger partial charge is 0.381 e. The Morgan fingerprint density at radius 3 is 2.32 bits per heavy atom. The lowest BCUT2D eigenvalue weighted by Gasteiger charge is -2.50. The smallest absolute Gasteiger partial charge is 0.159 e. The Balaban J connectivity index is 1.57. The average Bonchev–Trinajstić information content (AvgIpc) is 3.00. The lowest BCUT2D eigenvalue weighted by Crippen LogP contribution is -2.43. The Morgan fingerprint density at radius 2 is 1.68 bits per heavy atom. The first-order chi connectivity index (χ1) is 10.6. The monoisotopic (exact) mass is 299 g/mol. The first-order valence-corrected chi connectivity index (χ1v) is 8.37. The van der Waals surface area contributed by atoms with Crippen LogP contribution in [0.1, 0.15) is 48.8 Å². The van der Waals surface area contributed by atoms with Gasteiger partial charge in [0.25, 0.3) is 0 Å². The van der Waals surface area contributed by atoms with Gasteiger partial charge in [-0.2, -0.15) is 5.10 Å². The highest BCUT2D eigenvalue weighted by Gasteiger charge is 2.46. The van der Waals surface area contributed by atoms with E-state index in [0.717, 1.165) is 19.0 Å². The summed E-state index contributed by atoms with van der Waals surface area (Å²) in [7, 11) is 0. The Labute approximate surface area is 132 Å². The zero-order valence-electron chi connectivity index (χ0n) is 13.8. The quantitative estimate of drug-likeness (QED) is 0.846. The molecule has 2 aliphatic rings. The van der Waals surface area contributed by atoms with Crippen LogP contribution in [0.25, 0.3) is 5.82 Å². The lowest BCUT2D eigenvalue weighted by atomic mass is 9.61. The van der Waals surface area contributed by atoms with Crippen LogP contribution in [0, 0.1) is 26.2 Å². The van der Waals surface area contributed by atoms with Crippen LogP contribution in [-0.4, -0.2) is 27.6 Å². The molecule has 1 saturated heterocycles. The maximum absolute atomic E-state index is 5.52. The maximum atomic E-state index is 5.52. The molecule has 0 bridgehead atoms. The van der Waals surface area contributed by atoms with E-state index in [4.69, 9.17) is 9.84 Å². The highest BCUT2D eigenvalue weighted by Crippen LogP contribution is 2.54. The molecular formula is C18H25N3O. The number of hydrogen-bond acceptors (Lipinski definition) is 2. The van der Waals surface area contributed by atoms with E-state index in [-0.39, 0.29) is 0 Å². The van der Waals surface area contributed by atoms with Gasteiger partial charge in [0, 0.05) is 36.4 Å². The second kappa shape index (κ2) is 4.98. The molecule has 3 heterocycles. The van der Waals surface area contributed by atoms with Crippen molar-refractivity contribution in [3.05, 3.63) is 35.3 Å². The van der Waals surface area contributed by atoms with Crippen molar-refractivity contribution in [2.45, 2.75) is 52.5 Å². The number of aryl methyl sites for hydroxylation is 3. The molecule has 118 valence electrons. The Bertz CT molecular complexity index is 664. The lowest BCUT2D eigenvalue weighted by molar-refractivity contribution is -0.0571. The molecule has 22 heavy (non-hydrogen) atoms. The third-order valence-electron chi connectivity index (χ3n) is 5.65. The van der Waals surface area contributed by atoms with Gasteiger partial charge in [-0.25, -0.2) is 0 Å². The molecule has 0 unspecified atom stereocenters. The van der Waals surface area contributed by atoms with Crippen LogP contribution in [0.2, 0.25) is 0 Å². The zero-order chi connectivity index (χ0) is 15.3. The summed E-state index contributed by atoms with van der Waals surface area (Å²) >= 11 is 0. The first-order valence-electron chi connectivity index (χ1n) is 8.37. The second-order valence-corrected chi connectivity index (χ2v) is 7.21. The molecular weight excluding hydrogens is 274 g/mol. The fraction of sp³-hybridized carbons (Fsp3) is 0.611. The third-order valence-corrected chi connectivity index (χ3v) is 5.65. The molecule has 1 aliphatic heterocycles. The van der Waals surface area contributed by atoms with E-state index in [1.165, 1.54) is 42.8 Å². The van der Waals surface area contributed by atoms with Crippen molar-refractivity contribution in [1.29, 1.82) is 0 Å². The van der Waals surface area contributed by atoms with Gasteiger partial charge in [0.15, 0.2) is 5.82 Å². The third kappa shape index (κ3) is 2.12. The summed E-state index contributed by atoms with van der Waals surface area (Å²) in [6, 6.07) is 7.10. The first kappa shape index (κ1) is 14.1. The molecule has 0 atom stereocenters. The second-order valence-electron chi connectivity index (χ2n) is 7.21. The number of hydrogen-bond donors (Lipinski definition) is 0. The summed E-state index contributed by atoms with van der Waals surface area (Å²) in [5.74, 6) is 1.06. The molecule has 1 spiro atoms. The normalized spacial score (nSPS) is 21.2. The summed E-state index contributed by atoms with van der Waals surface area (Å²) < 4.78 is 10.0. The number of rotatable bonds is 2. The number of ether oxygens (including phenoxy) is 1. The van der Waals surface area contributed by atoms with E-state index in [9.17, 15) is 0 Å². The van der Waals surface area contributed by atoms with Crippen LogP contribution in [0.4, 0.5) is 0 Å². The minimum absolute atomic E-state index is 0.542. The maximum Gasteiger partial charge on any atom is 0.159 e. The van der Waals surface area contributed by atoms with Crippen LogP contribution in [0.5, 0.6) is 0 Å². The molecule has 4 rings (SSSR count). The van der Waals surface area contributed by atoms with Crippen LogP contribution in [0.3, 0.4) is 0 Å². The Hall–Kier alpha value is -1.55. The van der Waals surface area contributed by atoms with E-state index in [2.05, 4.69) is 48.2 Å². The summed E-state index contributed by atoms with van der Waals surface area (Å²) in [6.45, 7) is 8.35. The average molecular weight is 299 g/mol. The minimum Gasteiger partial charge on any atom is -0.381 e. The van der Waals surface area contributed by atoms with Crippen molar-refractivity contribution in [1.82, 2.24) is 14.3 Å². The van der Waals surface area contributed by atoms with Crippen LogP contribution in [0.15, 0.2) is 18.2 Å². The van der Waals surface area contributed by atoms with Gasteiger partial charge in [-0.15, -0.1) is 0 Å². The van der Waals surface area contributed by atoms with Crippen molar-refractivity contribution in [2.24, 2.45) is 5.41 Å². The van der Waals surface area contributed by atoms with Gasteiger partial charge in [-0.1, -0.05) is 0 Å². The van der Waals surface area contributed by atoms with Gasteiger partial charge in [-0.05, 0) is 64.0 Å². The molecule has 0 N–H and O–H groups in total. The summed E-state index contributed by atoms with van der Waals surface area (Å²) in [5, 5.41) is 4.92. The highest BCUT2D eigenvalue weighted by atomic mass is 16.5. The Morgan fingerprint density at radius 1 is 1.05 bits per heavy atom. The van der Waals surface area contributed by atoms with Crippen molar-refractivity contribution in [3.63, 3.8) is 0 Å². The van der Waals surface area contributed by atoms with Crippen molar-refractivity contribution < 1.29 is 4.74 Å². The molecule has 1 saturated carbocycles. The predicted molar refractivity (Wildman–Crippen MR) is 86.5 cm³/mol. The van der Waals surface area contributed by atoms with Crippen LogP contribution in [-0.2, 0) is 4.74 Å². The molecule has 0 radical (unpaired) electrons. The van der Waals surface area contributed by atoms with Gasteiger partial charge in [0.05, 0.1) is 6.04 Å². The molecule has 4 nitrogen and oxygen atoms in total. The minimum atomic E-state index is 0.542. The molecule has 4 heteroatoms. The van der Waals surface area contributed by atoms with Gasteiger partial charge >= 0.3 is 0 Å². The summed E-state index contributed by atoms with van der Waals surface area (Å²) in [6.07, 6.45) is 4.99. The van der Waals surface area contributed by atoms with Crippen molar-refractivity contribution in [3.8, 4) is 5.82 Å². The predicted octanol–water partition coefficient (Wildman–Crippen LogP) is 3.73. The van der Waals surface area contributed by atoms with Crippen molar-refractivity contribution >= 4 is 0 Å². The fourth-order valence-corrected chi connectivity index (χ4v) is 4.31. The van der Waals surface area contributed by atoms with Gasteiger partial charge in [0.1, 0.15) is 0 Å². The van der Waals surface area contributed by atoms with E-state index in [1.807, 2.05) is 0 Å². The summed E-state index contributed by atoms with van der Waals surface area (Å²) in [4.78, 5) is 0. The molecule has 0 aromatic carbocycles. The number of aromatic nitrogens is 3. The SMILES string of the molecule is Cc1cc(-n2c(C)ccc2C)nn1C1CC2(CCOCC2)C1. The van der Waals surface area contributed by atoms with E-state index in [0.29, 0.717) is 11.5 Å². The molecule has 1 aliphatic carbocycles. The van der Waals surface area contributed by atoms with Gasteiger partial charge in [0.2, 0.25) is 0 Å². The molecule has 0 amide bonds. The highest BCUT2D eigenvalue weighted by molar-refractivity contribution is 5.32. The Kier molecular flexibility index (Phi) is 3.19.